The van der Waals surface area contributed by atoms with Gasteiger partial charge in [-0.05, 0) is 23.6 Å². The van der Waals surface area contributed by atoms with Gasteiger partial charge in [-0.1, -0.05) is 49.4 Å². The second kappa shape index (κ2) is 7.84. The van der Waals surface area contributed by atoms with Crippen LogP contribution in [0.1, 0.15) is 18.1 Å². The second-order valence-electron chi connectivity index (χ2n) is 4.71. The molecule has 0 bridgehead atoms. The van der Waals surface area contributed by atoms with Crippen molar-refractivity contribution in [3.8, 4) is 0 Å². The van der Waals surface area contributed by atoms with Crippen molar-refractivity contribution < 1.29 is 4.79 Å². The van der Waals surface area contributed by atoms with Gasteiger partial charge in [0.05, 0.1) is 5.69 Å². The molecule has 0 aromatic heterocycles. The van der Waals surface area contributed by atoms with Crippen molar-refractivity contribution >= 4 is 23.5 Å². The lowest BCUT2D eigenvalue weighted by molar-refractivity contribution is 0.246. The third-order valence-corrected chi connectivity index (χ3v) is 4.52. The number of amides is 2. The zero-order valence-corrected chi connectivity index (χ0v) is 13.3. The first-order valence-corrected chi connectivity index (χ1v) is 8.00. The van der Waals surface area contributed by atoms with Gasteiger partial charge in [0.1, 0.15) is 0 Å². The van der Waals surface area contributed by atoms with Crippen LogP contribution in [0.2, 0.25) is 0 Å². The zero-order chi connectivity index (χ0) is 15.9. The van der Waals surface area contributed by atoms with Crippen molar-refractivity contribution in [3.05, 3.63) is 59.7 Å². The molecule has 0 aliphatic rings. The van der Waals surface area contributed by atoms with E-state index in [4.69, 9.17) is 11.7 Å². The minimum absolute atomic E-state index is 0.546. The number of urea groups is 1. The number of nitrogens with one attached hydrogen (secondary N) is 1. The van der Waals surface area contributed by atoms with Gasteiger partial charge in [-0.3, -0.25) is 5.43 Å². The van der Waals surface area contributed by atoms with Crippen LogP contribution in [0, 0.1) is 0 Å². The van der Waals surface area contributed by atoms with Crippen molar-refractivity contribution in [1.82, 2.24) is 5.43 Å². The predicted molar refractivity (Wildman–Crippen MR) is 91.2 cm³/mol. The largest absolute Gasteiger partial charge is 0.350 e. The maximum atomic E-state index is 11.7. The lowest BCUT2D eigenvalue weighted by atomic mass is 10.1. The maximum Gasteiger partial charge on any atom is 0.350 e. The Bertz CT molecular complexity index is 633. The van der Waals surface area contributed by atoms with Crippen LogP contribution < -0.4 is 22.1 Å². The fourth-order valence-electron chi connectivity index (χ4n) is 2.11. The van der Waals surface area contributed by atoms with Crippen molar-refractivity contribution in [1.29, 1.82) is 0 Å². The number of aryl methyl sites for hydroxylation is 1. The van der Waals surface area contributed by atoms with E-state index in [1.54, 1.807) is 11.8 Å². The number of nitrogens with zero attached hydrogens (tertiary/aromatic N) is 1. The molecule has 0 atom stereocenters. The Hall–Kier alpha value is -2.02. The lowest BCUT2D eigenvalue weighted by Crippen LogP contribution is -2.47. The van der Waals surface area contributed by atoms with Crippen molar-refractivity contribution in [2.75, 3.05) is 5.01 Å². The third kappa shape index (κ3) is 3.79. The normalized spacial score (nSPS) is 10.3. The van der Waals surface area contributed by atoms with Crippen LogP contribution >= 0.6 is 11.8 Å². The molecule has 0 heterocycles. The summed E-state index contributed by atoms with van der Waals surface area (Å²) < 4.78 is 0. The molecule has 0 unspecified atom stereocenters. The molecule has 0 spiro atoms. The number of nitrogens with two attached hydrogens (primary N) is 2. The van der Waals surface area contributed by atoms with Crippen LogP contribution in [0.4, 0.5) is 10.5 Å². The Morgan fingerprint density at radius 3 is 2.55 bits per heavy atom. The molecule has 2 amide bonds. The summed E-state index contributed by atoms with van der Waals surface area (Å²) in [7, 11) is 0. The van der Waals surface area contributed by atoms with Gasteiger partial charge in [-0.25, -0.2) is 21.5 Å². The van der Waals surface area contributed by atoms with Crippen molar-refractivity contribution in [2.24, 2.45) is 11.7 Å². The molecule has 5 nitrogen and oxygen atoms in total. The first-order chi connectivity index (χ1) is 10.7. The number of rotatable bonds is 5. The van der Waals surface area contributed by atoms with E-state index < -0.39 is 6.03 Å². The Morgan fingerprint density at radius 1 is 1.18 bits per heavy atom. The third-order valence-electron chi connectivity index (χ3n) is 3.28. The molecule has 5 N–H and O–H groups in total. The summed E-state index contributed by atoms with van der Waals surface area (Å²) in [5, 5.41) is 1.05. The zero-order valence-electron chi connectivity index (χ0n) is 12.5. The minimum Gasteiger partial charge on any atom is -0.274 e. The van der Waals surface area contributed by atoms with Gasteiger partial charge in [-0.15, -0.1) is 11.8 Å². The summed E-state index contributed by atoms with van der Waals surface area (Å²) in [5.74, 6) is 11.8. The predicted octanol–water partition coefficient (Wildman–Crippen LogP) is 2.80. The molecule has 0 saturated carbocycles. The quantitative estimate of drug-likeness (QED) is 0.343. The molecule has 116 valence electrons. The summed E-state index contributed by atoms with van der Waals surface area (Å²) >= 11 is 1.67. The summed E-state index contributed by atoms with van der Waals surface area (Å²) in [6, 6.07) is 15.4. The second-order valence-corrected chi connectivity index (χ2v) is 5.70. The Labute approximate surface area is 134 Å². The monoisotopic (exact) mass is 316 g/mol. The molecular formula is C16H20N4OS. The first-order valence-electron chi connectivity index (χ1n) is 7.01. The number of hydrogen-bond donors (Lipinski definition) is 3. The number of carbonyl (C=O) groups excluding carboxylic acids is 1. The topological polar surface area (TPSA) is 84.4 Å². The van der Waals surface area contributed by atoms with E-state index in [9.17, 15) is 4.79 Å². The lowest BCUT2D eigenvalue weighted by Gasteiger charge is -2.21. The average Bonchev–Trinajstić information content (AvgIpc) is 2.59. The van der Waals surface area contributed by atoms with Gasteiger partial charge < -0.3 is 0 Å². The standard InChI is InChI=1S/C16H20N4OS/c1-2-13-9-6-10-14(20(18)16(21)19-17)15(13)22-11-12-7-4-3-5-8-12/h3-10H,2,11,17-18H2,1H3,(H,19,21). The smallest absolute Gasteiger partial charge is 0.274 e. The highest BCUT2D eigenvalue weighted by atomic mass is 32.2. The fourth-order valence-corrected chi connectivity index (χ4v) is 3.33. The Balaban J connectivity index is 2.29. The molecule has 0 fully saturated rings. The molecule has 0 aliphatic heterocycles. The summed E-state index contributed by atoms with van der Waals surface area (Å²) in [6.45, 7) is 2.08. The molecule has 0 aliphatic carbocycles. The number of thioether (sulfide) groups is 1. The molecule has 22 heavy (non-hydrogen) atoms. The number of anilines is 1. The summed E-state index contributed by atoms with van der Waals surface area (Å²) in [4.78, 5) is 12.7. The van der Waals surface area contributed by atoms with Crippen LogP contribution in [0.3, 0.4) is 0 Å². The van der Waals surface area contributed by atoms with E-state index in [0.717, 1.165) is 27.6 Å². The van der Waals surface area contributed by atoms with E-state index in [1.165, 1.54) is 5.56 Å². The molecule has 0 radical (unpaired) electrons. The van der Waals surface area contributed by atoms with Crippen LogP contribution in [0.5, 0.6) is 0 Å². The van der Waals surface area contributed by atoms with E-state index in [2.05, 4.69) is 24.5 Å². The minimum atomic E-state index is -0.546. The number of hydrogen-bond acceptors (Lipinski definition) is 4. The van der Waals surface area contributed by atoms with Gasteiger partial charge in [0, 0.05) is 10.6 Å². The maximum absolute atomic E-state index is 11.7. The van der Waals surface area contributed by atoms with Crippen LogP contribution in [-0.2, 0) is 12.2 Å². The molecule has 0 saturated heterocycles. The molecular weight excluding hydrogens is 296 g/mol. The van der Waals surface area contributed by atoms with Crippen molar-refractivity contribution in [2.45, 2.75) is 24.0 Å². The van der Waals surface area contributed by atoms with Gasteiger partial charge in [0.25, 0.3) is 0 Å². The Morgan fingerprint density at radius 2 is 1.91 bits per heavy atom. The van der Waals surface area contributed by atoms with E-state index >= 15 is 0 Å². The molecule has 2 rings (SSSR count). The van der Waals surface area contributed by atoms with E-state index in [0.29, 0.717) is 5.69 Å². The Kier molecular flexibility index (Phi) is 5.83. The molecule has 2 aromatic carbocycles. The summed E-state index contributed by atoms with van der Waals surface area (Å²) in [6.07, 6.45) is 0.864. The SMILES string of the molecule is CCc1cccc(N(N)C(=O)NN)c1SCc1ccccc1. The van der Waals surface area contributed by atoms with Gasteiger partial charge >= 0.3 is 6.03 Å². The molecule has 2 aromatic rings. The fraction of sp³-hybridized carbons (Fsp3) is 0.188. The van der Waals surface area contributed by atoms with Crippen LogP contribution in [-0.4, -0.2) is 6.03 Å². The highest BCUT2D eigenvalue weighted by Gasteiger charge is 2.17. The van der Waals surface area contributed by atoms with Crippen LogP contribution in [0.25, 0.3) is 0 Å². The highest BCUT2D eigenvalue weighted by molar-refractivity contribution is 7.98. The first kappa shape index (κ1) is 16.4. The van der Waals surface area contributed by atoms with E-state index in [1.807, 2.05) is 36.4 Å². The highest BCUT2D eigenvalue weighted by Crippen LogP contribution is 2.35. The number of hydrazine groups is 2. The number of carbonyl (C=O) groups is 1. The molecule has 6 heteroatoms. The van der Waals surface area contributed by atoms with Crippen LogP contribution in [0.15, 0.2) is 53.4 Å². The number of benzene rings is 2. The van der Waals surface area contributed by atoms with E-state index in [-0.39, 0.29) is 0 Å². The van der Waals surface area contributed by atoms with Crippen molar-refractivity contribution in [3.63, 3.8) is 0 Å². The average molecular weight is 316 g/mol. The van der Waals surface area contributed by atoms with Gasteiger partial charge in [-0.2, -0.15) is 0 Å². The summed E-state index contributed by atoms with van der Waals surface area (Å²) in [5.41, 5.74) is 5.08. The van der Waals surface area contributed by atoms with Gasteiger partial charge in [0.15, 0.2) is 0 Å². The van der Waals surface area contributed by atoms with Gasteiger partial charge in [0.2, 0.25) is 0 Å².